The van der Waals surface area contributed by atoms with Gasteiger partial charge in [-0.15, -0.1) is 0 Å². The van der Waals surface area contributed by atoms with Crippen molar-refractivity contribution in [2.75, 3.05) is 13.1 Å². The minimum Gasteiger partial charge on any atom is -0.480 e. The van der Waals surface area contributed by atoms with Gasteiger partial charge in [0.05, 0.1) is 0 Å². The molecule has 1 rings (SSSR count). The van der Waals surface area contributed by atoms with Crippen LogP contribution in [0.25, 0.3) is 0 Å². The van der Waals surface area contributed by atoms with Crippen LogP contribution in [0.4, 0.5) is 4.79 Å². The number of Topliss-reactive ketones (excluding diaryl/α,β-unsaturated/α-hetero) is 1. The molecule has 0 aromatic rings. The van der Waals surface area contributed by atoms with E-state index in [4.69, 9.17) is 4.74 Å². The molecule has 0 saturated carbocycles. The van der Waals surface area contributed by atoms with E-state index in [1.54, 1.807) is 27.7 Å². The number of carboxylic acids is 1. The maximum atomic E-state index is 12.2. The number of aliphatic carboxylic acids is 1. The number of carbonyl (C=O) groups is 3. The zero-order chi connectivity index (χ0) is 16.3. The Morgan fingerprint density at radius 1 is 1.33 bits per heavy atom. The van der Waals surface area contributed by atoms with Crippen molar-refractivity contribution in [2.45, 2.75) is 59.0 Å². The Morgan fingerprint density at radius 2 is 1.95 bits per heavy atom. The maximum Gasteiger partial charge on any atom is 0.410 e. The molecule has 1 N–H and O–H groups in total. The Bertz CT molecular complexity index is 426. The lowest BCUT2D eigenvalue weighted by atomic mass is 9.75. The quantitative estimate of drug-likeness (QED) is 0.792. The molecular weight excluding hydrogens is 274 g/mol. The fourth-order valence-electron chi connectivity index (χ4n) is 2.51. The van der Waals surface area contributed by atoms with Crippen LogP contribution in [-0.4, -0.2) is 46.5 Å². The largest absolute Gasteiger partial charge is 0.480 e. The van der Waals surface area contributed by atoms with Crippen molar-refractivity contribution in [1.29, 1.82) is 0 Å². The van der Waals surface area contributed by atoms with Gasteiger partial charge in [0.2, 0.25) is 0 Å². The topological polar surface area (TPSA) is 83.9 Å². The first-order valence-corrected chi connectivity index (χ1v) is 7.37. The molecule has 120 valence electrons. The molecule has 1 atom stereocenters. The number of carboxylic acid groups (broad SMARTS) is 1. The van der Waals surface area contributed by atoms with Crippen LogP contribution in [0.1, 0.15) is 53.4 Å². The van der Waals surface area contributed by atoms with Crippen molar-refractivity contribution in [3.63, 3.8) is 0 Å². The van der Waals surface area contributed by atoms with Crippen LogP contribution in [-0.2, 0) is 14.3 Å². The molecule has 1 heterocycles. The van der Waals surface area contributed by atoms with Crippen molar-refractivity contribution in [1.82, 2.24) is 4.90 Å². The molecular formula is C15H25NO5. The zero-order valence-electron chi connectivity index (χ0n) is 13.3. The Kier molecular flexibility index (Phi) is 5.36. The predicted octanol–water partition coefficient (Wildman–Crippen LogP) is 2.46. The molecule has 1 aliphatic heterocycles. The van der Waals surface area contributed by atoms with Crippen LogP contribution in [0.3, 0.4) is 0 Å². The highest BCUT2D eigenvalue weighted by Crippen LogP contribution is 2.32. The summed E-state index contributed by atoms with van der Waals surface area (Å²) >= 11 is 0. The summed E-state index contributed by atoms with van der Waals surface area (Å²) in [7, 11) is 0. The average molecular weight is 299 g/mol. The molecule has 0 aromatic carbocycles. The molecule has 0 bridgehead atoms. The third kappa shape index (κ3) is 4.19. The summed E-state index contributed by atoms with van der Waals surface area (Å²) in [4.78, 5) is 37.3. The lowest BCUT2D eigenvalue weighted by Crippen LogP contribution is -2.46. The van der Waals surface area contributed by atoms with E-state index in [0.717, 1.165) is 0 Å². The van der Waals surface area contributed by atoms with Crippen LogP contribution in [0, 0.1) is 5.41 Å². The summed E-state index contributed by atoms with van der Waals surface area (Å²) in [6.45, 7) is 7.69. The molecule has 1 unspecified atom stereocenters. The van der Waals surface area contributed by atoms with Gasteiger partial charge in [0.25, 0.3) is 0 Å². The highest BCUT2D eigenvalue weighted by Gasteiger charge is 2.45. The van der Waals surface area contributed by atoms with E-state index in [-0.39, 0.29) is 31.6 Å². The SMILES string of the molecule is CCC1(C(=O)O)CCN(C(=O)OC(C)(C)C)CCCC1=O. The Labute approximate surface area is 125 Å². The predicted molar refractivity (Wildman–Crippen MR) is 77.0 cm³/mol. The van der Waals surface area contributed by atoms with Crippen molar-refractivity contribution in [3.05, 3.63) is 0 Å². The summed E-state index contributed by atoms with van der Waals surface area (Å²) in [6, 6.07) is 0. The molecule has 0 radical (unpaired) electrons. The van der Waals surface area contributed by atoms with Crippen LogP contribution < -0.4 is 0 Å². The number of amides is 1. The van der Waals surface area contributed by atoms with E-state index in [2.05, 4.69) is 0 Å². The first-order chi connectivity index (χ1) is 9.62. The van der Waals surface area contributed by atoms with Crippen molar-refractivity contribution < 1.29 is 24.2 Å². The zero-order valence-corrected chi connectivity index (χ0v) is 13.3. The average Bonchev–Trinajstić information content (AvgIpc) is 2.32. The first kappa shape index (κ1) is 17.5. The third-order valence-corrected chi connectivity index (χ3v) is 3.84. The van der Waals surface area contributed by atoms with Gasteiger partial charge in [-0.3, -0.25) is 9.59 Å². The van der Waals surface area contributed by atoms with Gasteiger partial charge in [0.15, 0.2) is 0 Å². The van der Waals surface area contributed by atoms with E-state index in [1.807, 2.05) is 0 Å². The van der Waals surface area contributed by atoms with Gasteiger partial charge < -0.3 is 14.7 Å². The van der Waals surface area contributed by atoms with Crippen LogP contribution >= 0.6 is 0 Å². The number of ether oxygens (including phenoxy) is 1. The molecule has 0 aliphatic carbocycles. The van der Waals surface area contributed by atoms with Crippen molar-refractivity contribution in [3.8, 4) is 0 Å². The van der Waals surface area contributed by atoms with E-state index in [0.29, 0.717) is 13.0 Å². The molecule has 1 amide bonds. The second-order valence-electron chi connectivity index (χ2n) is 6.48. The third-order valence-electron chi connectivity index (χ3n) is 3.84. The standard InChI is InChI=1S/C15H25NO5/c1-5-15(12(18)19)8-10-16(9-6-7-11(15)17)13(20)21-14(2,3)4/h5-10H2,1-4H3,(H,18,19). The lowest BCUT2D eigenvalue weighted by molar-refractivity contribution is -0.156. The second-order valence-corrected chi connectivity index (χ2v) is 6.48. The molecule has 21 heavy (non-hydrogen) atoms. The molecule has 1 saturated heterocycles. The smallest absolute Gasteiger partial charge is 0.410 e. The summed E-state index contributed by atoms with van der Waals surface area (Å²) < 4.78 is 5.32. The maximum absolute atomic E-state index is 12.2. The van der Waals surface area contributed by atoms with Crippen molar-refractivity contribution in [2.24, 2.45) is 5.41 Å². The molecule has 1 fully saturated rings. The summed E-state index contributed by atoms with van der Waals surface area (Å²) in [5.74, 6) is -1.33. The minimum atomic E-state index is -1.37. The number of hydrogen-bond acceptors (Lipinski definition) is 4. The fourth-order valence-corrected chi connectivity index (χ4v) is 2.51. The molecule has 1 aliphatic rings. The second kappa shape index (κ2) is 6.45. The summed E-state index contributed by atoms with van der Waals surface area (Å²) in [5, 5.41) is 9.43. The minimum absolute atomic E-state index is 0.136. The fraction of sp³-hybridized carbons (Fsp3) is 0.800. The highest BCUT2D eigenvalue weighted by molar-refractivity contribution is 6.03. The number of ketones is 1. The van der Waals surface area contributed by atoms with Gasteiger partial charge in [-0.05, 0) is 40.0 Å². The van der Waals surface area contributed by atoms with Gasteiger partial charge in [-0.25, -0.2) is 4.79 Å². The Hall–Kier alpha value is -1.59. The highest BCUT2D eigenvalue weighted by atomic mass is 16.6. The van der Waals surface area contributed by atoms with E-state index >= 15 is 0 Å². The first-order valence-electron chi connectivity index (χ1n) is 7.37. The monoisotopic (exact) mass is 299 g/mol. The number of carbonyl (C=O) groups excluding carboxylic acids is 2. The lowest BCUT2D eigenvalue weighted by Gasteiger charge is -2.34. The summed E-state index contributed by atoms with van der Waals surface area (Å²) in [6.07, 6.45) is 0.569. The molecule has 0 spiro atoms. The van der Waals surface area contributed by atoms with Crippen LogP contribution in [0.5, 0.6) is 0 Å². The Morgan fingerprint density at radius 3 is 2.43 bits per heavy atom. The number of rotatable bonds is 2. The van der Waals surface area contributed by atoms with Crippen molar-refractivity contribution >= 4 is 17.8 Å². The number of likely N-dealkylation sites (tertiary alicyclic amines) is 1. The molecule has 0 aromatic heterocycles. The van der Waals surface area contributed by atoms with E-state index in [1.165, 1.54) is 4.90 Å². The summed E-state index contributed by atoms with van der Waals surface area (Å²) in [5.41, 5.74) is -1.97. The number of nitrogens with zero attached hydrogens (tertiary/aromatic N) is 1. The van der Waals surface area contributed by atoms with E-state index < -0.39 is 23.1 Å². The van der Waals surface area contributed by atoms with Gasteiger partial charge >= 0.3 is 12.1 Å². The Balaban J connectivity index is 2.86. The van der Waals surface area contributed by atoms with Gasteiger partial charge in [-0.2, -0.15) is 0 Å². The van der Waals surface area contributed by atoms with Crippen LogP contribution in [0.15, 0.2) is 0 Å². The van der Waals surface area contributed by atoms with Gasteiger partial charge in [0, 0.05) is 19.5 Å². The molecule has 6 nitrogen and oxygen atoms in total. The van der Waals surface area contributed by atoms with Gasteiger partial charge in [-0.1, -0.05) is 6.92 Å². The van der Waals surface area contributed by atoms with Gasteiger partial charge in [0.1, 0.15) is 16.8 Å². The van der Waals surface area contributed by atoms with E-state index in [9.17, 15) is 19.5 Å². The number of hydrogen-bond donors (Lipinski definition) is 1. The molecule has 6 heteroatoms. The van der Waals surface area contributed by atoms with Crippen LogP contribution in [0.2, 0.25) is 0 Å². The normalized spacial score (nSPS) is 24.2.